The van der Waals surface area contributed by atoms with Crippen molar-refractivity contribution < 1.29 is 13.1 Å². The van der Waals surface area contributed by atoms with Crippen molar-refractivity contribution >= 4 is 11.0 Å². The maximum absolute atomic E-state index is 14.7. The SMILES string of the molecule is CS(=O)NC1CCN(Cc2ccc(-c3noc(-c4nnn(-c5ccccc5F)c4-c4ccncc4)n3)cc2)CC1. The Hall–Kier alpha value is -4.13. The van der Waals surface area contributed by atoms with E-state index in [2.05, 4.69) is 47.2 Å². The molecule has 1 unspecified atom stereocenters. The normalized spacial score (nSPS) is 15.3. The lowest BCUT2D eigenvalue weighted by molar-refractivity contribution is 0.200. The molecule has 204 valence electrons. The summed E-state index contributed by atoms with van der Waals surface area (Å²) in [6, 6.07) is 18.3. The largest absolute Gasteiger partial charge is 0.332 e. The van der Waals surface area contributed by atoms with Crippen molar-refractivity contribution in [2.45, 2.75) is 25.4 Å². The number of piperidine rings is 1. The van der Waals surface area contributed by atoms with Crippen molar-refractivity contribution in [1.82, 2.24) is 39.7 Å². The fraction of sp³-hybridized carbons (Fsp3) is 0.250. The predicted octanol–water partition coefficient (Wildman–Crippen LogP) is 4.03. The van der Waals surface area contributed by atoms with E-state index in [0.717, 1.165) is 43.6 Å². The molecule has 3 aromatic heterocycles. The van der Waals surface area contributed by atoms with Gasteiger partial charge in [-0.2, -0.15) is 4.98 Å². The lowest BCUT2D eigenvalue weighted by Gasteiger charge is -2.31. The minimum atomic E-state index is -0.978. The van der Waals surface area contributed by atoms with Crippen molar-refractivity contribution in [2.75, 3.05) is 19.3 Å². The molecule has 1 aliphatic heterocycles. The molecule has 1 N–H and O–H groups in total. The molecule has 1 saturated heterocycles. The summed E-state index contributed by atoms with van der Waals surface area (Å²) in [4.78, 5) is 11.1. The molecule has 1 fully saturated rings. The quantitative estimate of drug-likeness (QED) is 0.304. The maximum Gasteiger partial charge on any atom is 0.281 e. The van der Waals surface area contributed by atoms with E-state index >= 15 is 0 Å². The highest BCUT2D eigenvalue weighted by molar-refractivity contribution is 7.82. The second kappa shape index (κ2) is 11.5. The van der Waals surface area contributed by atoms with E-state index < -0.39 is 16.8 Å². The van der Waals surface area contributed by atoms with Crippen LogP contribution in [0.15, 0.2) is 77.6 Å². The van der Waals surface area contributed by atoms with E-state index in [-0.39, 0.29) is 11.6 Å². The molecule has 10 nitrogen and oxygen atoms in total. The molecule has 5 aromatic rings. The number of aromatic nitrogens is 6. The second-order valence-corrected chi connectivity index (χ2v) is 10.8. The predicted molar refractivity (Wildman–Crippen MR) is 149 cm³/mol. The van der Waals surface area contributed by atoms with E-state index in [1.807, 2.05) is 12.1 Å². The molecular weight excluding hydrogens is 531 g/mol. The summed E-state index contributed by atoms with van der Waals surface area (Å²) in [5, 5.41) is 12.7. The highest BCUT2D eigenvalue weighted by atomic mass is 32.2. The number of hydrogen-bond donors (Lipinski definition) is 1. The highest BCUT2D eigenvalue weighted by Crippen LogP contribution is 2.32. The first-order chi connectivity index (χ1) is 19.5. The van der Waals surface area contributed by atoms with E-state index in [4.69, 9.17) is 4.52 Å². The molecule has 1 aliphatic rings. The van der Waals surface area contributed by atoms with Crippen LogP contribution in [0.2, 0.25) is 0 Å². The zero-order chi connectivity index (χ0) is 27.5. The van der Waals surface area contributed by atoms with Gasteiger partial charge >= 0.3 is 0 Å². The molecule has 0 spiro atoms. The number of pyridine rings is 1. The average Bonchev–Trinajstić information content (AvgIpc) is 3.63. The van der Waals surface area contributed by atoms with Crippen molar-refractivity contribution in [3.63, 3.8) is 0 Å². The van der Waals surface area contributed by atoms with Crippen LogP contribution in [0.5, 0.6) is 0 Å². The van der Waals surface area contributed by atoms with Gasteiger partial charge in [-0.05, 0) is 42.7 Å². The Balaban J connectivity index is 1.22. The van der Waals surface area contributed by atoms with Gasteiger partial charge in [0.1, 0.15) is 17.2 Å². The van der Waals surface area contributed by atoms with Gasteiger partial charge in [-0.3, -0.25) is 9.88 Å². The smallest absolute Gasteiger partial charge is 0.281 e. The number of nitrogens with one attached hydrogen (secondary N) is 1. The van der Waals surface area contributed by atoms with Crippen LogP contribution in [0.1, 0.15) is 18.4 Å². The van der Waals surface area contributed by atoms with E-state index in [9.17, 15) is 8.60 Å². The zero-order valence-electron chi connectivity index (χ0n) is 21.8. The molecule has 12 heteroatoms. The summed E-state index contributed by atoms with van der Waals surface area (Å²) in [5.74, 6) is 0.166. The number of hydrogen-bond acceptors (Lipinski definition) is 8. The van der Waals surface area contributed by atoms with Crippen LogP contribution in [-0.4, -0.2) is 64.6 Å². The van der Waals surface area contributed by atoms with E-state index in [1.165, 1.54) is 16.3 Å². The Bertz CT molecular complexity index is 1620. The van der Waals surface area contributed by atoms with Gasteiger partial charge < -0.3 is 4.52 Å². The summed E-state index contributed by atoms with van der Waals surface area (Å²) in [7, 11) is -0.978. The number of halogens is 1. The fourth-order valence-electron chi connectivity index (χ4n) is 4.88. The van der Waals surface area contributed by atoms with Gasteiger partial charge in [0.2, 0.25) is 5.82 Å². The third-order valence-electron chi connectivity index (χ3n) is 6.87. The second-order valence-electron chi connectivity index (χ2n) is 9.63. The molecular formula is C28H27FN8O2S. The summed E-state index contributed by atoms with van der Waals surface area (Å²) in [6.07, 6.45) is 6.92. The molecule has 40 heavy (non-hydrogen) atoms. The minimum absolute atomic E-state index is 0.179. The van der Waals surface area contributed by atoms with Crippen molar-refractivity contribution in [2.24, 2.45) is 0 Å². The van der Waals surface area contributed by atoms with E-state index in [1.54, 1.807) is 49.0 Å². The van der Waals surface area contributed by atoms with Crippen LogP contribution < -0.4 is 4.72 Å². The van der Waals surface area contributed by atoms with Crippen molar-refractivity contribution in [3.05, 3.63) is 84.4 Å². The molecule has 0 saturated carbocycles. The molecule has 0 aliphatic carbocycles. The molecule has 4 heterocycles. The Morgan fingerprint density at radius 2 is 1.77 bits per heavy atom. The first kappa shape index (κ1) is 26.1. The maximum atomic E-state index is 14.7. The third kappa shape index (κ3) is 5.60. The third-order valence-corrected chi connectivity index (χ3v) is 7.54. The lowest BCUT2D eigenvalue weighted by Crippen LogP contribution is -2.42. The van der Waals surface area contributed by atoms with Gasteiger partial charge in [-0.1, -0.05) is 46.8 Å². The van der Waals surface area contributed by atoms with Gasteiger partial charge in [0.05, 0.1) is 11.0 Å². The number of rotatable bonds is 8. The molecule has 0 radical (unpaired) electrons. The monoisotopic (exact) mass is 558 g/mol. The first-order valence-corrected chi connectivity index (χ1v) is 14.5. The van der Waals surface area contributed by atoms with Gasteiger partial charge in [-0.25, -0.2) is 18.0 Å². The number of para-hydroxylation sites is 1. The summed E-state index contributed by atoms with van der Waals surface area (Å²) in [6.45, 7) is 2.75. The Morgan fingerprint density at radius 1 is 1.02 bits per heavy atom. The Morgan fingerprint density at radius 3 is 2.50 bits per heavy atom. The summed E-state index contributed by atoms with van der Waals surface area (Å²) in [5.41, 5.74) is 3.83. The Labute approximate surface area is 232 Å². The molecule has 0 amide bonds. The van der Waals surface area contributed by atoms with Crippen LogP contribution in [0.4, 0.5) is 4.39 Å². The Kier molecular flexibility index (Phi) is 7.53. The van der Waals surface area contributed by atoms with E-state index in [0.29, 0.717) is 23.3 Å². The molecule has 1 atom stereocenters. The lowest BCUT2D eigenvalue weighted by atomic mass is 10.0. The molecule has 0 bridgehead atoms. The number of likely N-dealkylation sites (tertiary alicyclic amines) is 1. The van der Waals surface area contributed by atoms with Gasteiger partial charge in [0.15, 0.2) is 5.69 Å². The van der Waals surface area contributed by atoms with Crippen LogP contribution in [-0.2, 0) is 17.5 Å². The first-order valence-electron chi connectivity index (χ1n) is 12.9. The standard InChI is InChI=1S/C28H27FN8O2S/c1-40(38)34-22-12-16-36(17-13-22)18-19-6-8-21(9-7-19)27-31-28(39-33-27)25-26(20-10-14-30-15-11-20)37(35-32-25)24-5-3-2-4-23(24)29/h2-11,14-15,22,34H,12-13,16-18H2,1H3. The number of benzene rings is 2. The van der Waals surface area contributed by atoms with Crippen molar-refractivity contribution in [3.8, 4) is 39.9 Å². The summed E-state index contributed by atoms with van der Waals surface area (Å²) >= 11 is 0. The summed E-state index contributed by atoms with van der Waals surface area (Å²) < 4.78 is 36.3. The van der Waals surface area contributed by atoms with Crippen molar-refractivity contribution in [1.29, 1.82) is 0 Å². The average molecular weight is 559 g/mol. The zero-order valence-corrected chi connectivity index (χ0v) is 22.6. The van der Waals surface area contributed by atoms with Gasteiger partial charge in [0.25, 0.3) is 5.89 Å². The fourth-order valence-corrected chi connectivity index (χ4v) is 5.59. The van der Waals surface area contributed by atoms with Crippen LogP contribution in [0.25, 0.3) is 39.9 Å². The van der Waals surface area contributed by atoms with Gasteiger partial charge in [0, 0.05) is 55.5 Å². The van der Waals surface area contributed by atoms with Crippen LogP contribution >= 0.6 is 0 Å². The minimum Gasteiger partial charge on any atom is -0.332 e. The van der Waals surface area contributed by atoms with Crippen LogP contribution in [0, 0.1) is 5.82 Å². The molecule has 6 rings (SSSR count). The topological polar surface area (TPSA) is 115 Å². The molecule has 2 aromatic carbocycles. The number of nitrogens with zero attached hydrogens (tertiary/aromatic N) is 7. The van der Waals surface area contributed by atoms with Crippen LogP contribution in [0.3, 0.4) is 0 Å². The highest BCUT2D eigenvalue weighted by Gasteiger charge is 2.24. The van der Waals surface area contributed by atoms with Gasteiger partial charge in [-0.15, -0.1) is 5.10 Å².